The van der Waals surface area contributed by atoms with Crippen LogP contribution < -0.4 is 0 Å². The molecule has 0 bridgehead atoms. The number of halogens is 1. The van der Waals surface area contributed by atoms with Gasteiger partial charge in [0.05, 0.1) is 8.66 Å². The van der Waals surface area contributed by atoms with Crippen LogP contribution in [0.5, 0.6) is 0 Å². The molecule has 1 aliphatic carbocycles. The van der Waals surface area contributed by atoms with E-state index in [0.29, 0.717) is 11.7 Å². The van der Waals surface area contributed by atoms with Gasteiger partial charge in [0.25, 0.3) is 0 Å². The summed E-state index contributed by atoms with van der Waals surface area (Å²) in [5, 5.41) is 0. The van der Waals surface area contributed by atoms with Gasteiger partial charge in [-0.1, -0.05) is 0 Å². The van der Waals surface area contributed by atoms with Gasteiger partial charge >= 0.3 is 0 Å². The van der Waals surface area contributed by atoms with Gasteiger partial charge in [0.2, 0.25) is 0 Å². The summed E-state index contributed by atoms with van der Waals surface area (Å²) in [5.74, 6) is 1.01. The van der Waals surface area contributed by atoms with Crippen molar-refractivity contribution in [2.75, 3.05) is 0 Å². The Morgan fingerprint density at radius 1 is 1.58 bits per heavy atom. The zero-order chi connectivity index (χ0) is 8.55. The number of carbonyl (C=O) groups is 1. The number of carbonyl (C=O) groups excluding carboxylic acids is 1. The first-order valence-electron chi connectivity index (χ1n) is 4.04. The molecule has 0 radical (unpaired) electrons. The third-order valence-electron chi connectivity index (χ3n) is 2.02. The highest BCUT2D eigenvalue weighted by atomic mass is 79.9. The maximum absolute atomic E-state index is 11.5. The van der Waals surface area contributed by atoms with Gasteiger partial charge in [-0.05, 0) is 46.8 Å². The normalized spacial score (nSPS) is 16.4. The van der Waals surface area contributed by atoms with E-state index in [1.807, 2.05) is 12.1 Å². The molecule has 1 nitrogen and oxygen atoms in total. The molecule has 0 amide bonds. The molecular formula is C9H9BrOS. The number of rotatable bonds is 3. The Labute approximate surface area is 83.9 Å². The lowest BCUT2D eigenvalue weighted by Gasteiger charge is -1.92. The van der Waals surface area contributed by atoms with Crippen LogP contribution in [0.15, 0.2) is 15.9 Å². The van der Waals surface area contributed by atoms with Gasteiger partial charge in [-0.25, -0.2) is 0 Å². The summed E-state index contributed by atoms with van der Waals surface area (Å²) in [5.41, 5.74) is 0. The molecule has 2 rings (SSSR count). The minimum Gasteiger partial charge on any atom is -0.293 e. The van der Waals surface area contributed by atoms with Crippen LogP contribution in [0.1, 0.15) is 28.9 Å². The van der Waals surface area contributed by atoms with Crippen LogP contribution in [-0.2, 0) is 0 Å². The van der Waals surface area contributed by atoms with Gasteiger partial charge in [-0.2, -0.15) is 0 Å². The van der Waals surface area contributed by atoms with Crippen molar-refractivity contribution in [1.29, 1.82) is 0 Å². The number of Topliss-reactive ketones (excluding diaryl/α,β-unsaturated/α-hetero) is 1. The van der Waals surface area contributed by atoms with Crippen molar-refractivity contribution in [1.82, 2.24) is 0 Å². The highest BCUT2D eigenvalue weighted by Gasteiger charge is 2.25. The third kappa shape index (κ3) is 1.96. The van der Waals surface area contributed by atoms with Crippen LogP contribution >= 0.6 is 27.3 Å². The molecule has 12 heavy (non-hydrogen) atoms. The molecule has 1 aromatic heterocycles. The van der Waals surface area contributed by atoms with E-state index < -0.39 is 0 Å². The quantitative estimate of drug-likeness (QED) is 0.745. The maximum Gasteiger partial charge on any atom is 0.173 e. The molecule has 1 heterocycles. The van der Waals surface area contributed by atoms with Gasteiger partial charge in [-0.3, -0.25) is 4.79 Å². The van der Waals surface area contributed by atoms with Crippen LogP contribution in [0, 0.1) is 5.92 Å². The van der Waals surface area contributed by atoms with Gasteiger partial charge in [0.15, 0.2) is 5.78 Å². The minimum atomic E-state index is 0.313. The Morgan fingerprint density at radius 3 is 2.83 bits per heavy atom. The molecule has 1 saturated carbocycles. The summed E-state index contributed by atoms with van der Waals surface area (Å²) >= 11 is 4.88. The predicted octanol–water partition coefficient (Wildman–Crippen LogP) is 3.49. The third-order valence-corrected chi connectivity index (χ3v) is 3.68. The fourth-order valence-corrected chi connectivity index (χ4v) is 2.48. The lowest BCUT2D eigenvalue weighted by atomic mass is 10.2. The van der Waals surface area contributed by atoms with Crippen molar-refractivity contribution in [3.8, 4) is 0 Å². The van der Waals surface area contributed by atoms with Gasteiger partial charge < -0.3 is 0 Å². The average molecular weight is 245 g/mol. The standard InChI is InChI=1S/C9H9BrOS/c10-9-4-3-8(12-9)7(11)5-6-1-2-6/h3-4,6H,1-2,5H2. The monoisotopic (exact) mass is 244 g/mol. The van der Waals surface area contributed by atoms with Crippen LogP contribution in [0.2, 0.25) is 0 Å². The first-order chi connectivity index (χ1) is 5.75. The zero-order valence-corrected chi connectivity index (χ0v) is 8.95. The average Bonchev–Trinajstić information content (AvgIpc) is 2.72. The second-order valence-corrected chi connectivity index (χ2v) is 5.64. The Kier molecular flexibility index (Phi) is 2.33. The molecule has 1 fully saturated rings. The van der Waals surface area contributed by atoms with Gasteiger partial charge in [0.1, 0.15) is 0 Å². The van der Waals surface area contributed by atoms with Crippen LogP contribution in [0.3, 0.4) is 0 Å². The van der Waals surface area contributed by atoms with Crippen molar-refractivity contribution in [3.05, 3.63) is 20.8 Å². The van der Waals surface area contributed by atoms with E-state index in [0.717, 1.165) is 15.1 Å². The molecule has 0 saturated heterocycles. The Bertz CT molecular complexity index is 301. The van der Waals surface area contributed by atoms with E-state index in [1.165, 1.54) is 24.2 Å². The van der Waals surface area contributed by atoms with E-state index in [-0.39, 0.29) is 0 Å². The molecule has 0 N–H and O–H groups in total. The van der Waals surface area contributed by atoms with Gasteiger partial charge in [0, 0.05) is 6.42 Å². The molecule has 3 heteroatoms. The molecule has 64 valence electrons. The summed E-state index contributed by atoms with van der Waals surface area (Å²) in [6, 6.07) is 3.84. The van der Waals surface area contributed by atoms with E-state index >= 15 is 0 Å². The Hall–Kier alpha value is -0.150. The number of ketones is 1. The van der Waals surface area contributed by atoms with E-state index in [9.17, 15) is 4.79 Å². The summed E-state index contributed by atoms with van der Waals surface area (Å²) < 4.78 is 1.04. The summed E-state index contributed by atoms with van der Waals surface area (Å²) in [7, 11) is 0. The smallest absolute Gasteiger partial charge is 0.173 e. The molecule has 0 aliphatic heterocycles. The molecule has 1 aliphatic rings. The van der Waals surface area contributed by atoms with E-state index in [2.05, 4.69) is 15.9 Å². The largest absolute Gasteiger partial charge is 0.293 e. The first kappa shape index (κ1) is 8.45. The maximum atomic E-state index is 11.5. The van der Waals surface area contributed by atoms with E-state index in [4.69, 9.17) is 0 Å². The summed E-state index contributed by atoms with van der Waals surface area (Å²) in [6.07, 6.45) is 3.25. The second kappa shape index (κ2) is 3.30. The Morgan fingerprint density at radius 2 is 2.33 bits per heavy atom. The molecule has 0 atom stereocenters. The van der Waals surface area contributed by atoms with Crippen LogP contribution in [-0.4, -0.2) is 5.78 Å². The predicted molar refractivity (Wildman–Crippen MR) is 53.7 cm³/mol. The first-order valence-corrected chi connectivity index (χ1v) is 5.65. The van der Waals surface area contributed by atoms with Crippen LogP contribution in [0.25, 0.3) is 0 Å². The van der Waals surface area contributed by atoms with Crippen molar-refractivity contribution in [3.63, 3.8) is 0 Å². The fourth-order valence-electron chi connectivity index (χ4n) is 1.15. The van der Waals surface area contributed by atoms with Crippen LogP contribution in [0.4, 0.5) is 0 Å². The second-order valence-electron chi connectivity index (χ2n) is 3.17. The highest BCUT2D eigenvalue weighted by Crippen LogP contribution is 2.34. The fraction of sp³-hybridized carbons (Fsp3) is 0.444. The van der Waals surface area contributed by atoms with Crippen molar-refractivity contribution in [2.24, 2.45) is 5.92 Å². The molecule has 1 aromatic rings. The number of hydrogen-bond acceptors (Lipinski definition) is 2. The lowest BCUT2D eigenvalue weighted by molar-refractivity contribution is 0.0980. The van der Waals surface area contributed by atoms with Gasteiger partial charge in [-0.15, -0.1) is 11.3 Å². The lowest BCUT2D eigenvalue weighted by Crippen LogP contribution is -1.96. The summed E-state index contributed by atoms with van der Waals surface area (Å²) in [6.45, 7) is 0. The zero-order valence-electron chi connectivity index (χ0n) is 6.55. The Balaban J connectivity index is 2.03. The van der Waals surface area contributed by atoms with Crippen molar-refractivity contribution in [2.45, 2.75) is 19.3 Å². The van der Waals surface area contributed by atoms with Crippen molar-refractivity contribution >= 4 is 33.0 Å². The minimum absolute atomic E-state index is 0.313. The van der Waals surface area contributed by atoms with E-state index in [1.54, 1.807) is 0 Å². The number of thiophene rings is 1. The molecule has 0 aromatic carbocycles. The number of hydrogen-bond donors (Lipinski definition) is 0. The molecule has 0 spiro atoms. The van der Waals surface area contributed by atoms with Crippen molar-refractivity contribution < 1.29 is 4.79 Å². The SMILES string of the molecule is O=C(CC1CC1)c1ccc(Br)s1. The summed E-state index contributed by atoms with van der Waals surface area (Å²) in [4.78, 5) is 12.4. The topological polar surface area (TPSA) is 17.1 Å². The molecule has 0 unspecified atom stereocenters. The highest BCUT2D eigenvalue weighted by molar-refractivity contribution is 9.11. The molecular weight excluding hydrogens is 236 g/mol.